The molecule has 72 valence electrons. The Bertz CT molecular complexity index is 256. The molecule has 1 amide bonds. The molecule has 0 aromatic heterocycles. The summed E-state index contributed by atoms with van der Waals surface area (Å²) in [6.07, 6.45) is 0. The highest BCUT2D eigenvalue weighted by molar-refractivity contribution is 9.12. The van der Waals surface area contributed by atoms with Crippen LogP contribution in [0.1, 0.15) is 6.92 Å². The molecule has 4 heteroatoms. The van der Waals surface area contributed by atoms with Crippen LogP contribution in [-0.2, 0) is 4.79 Å². The van der Waals surface area contributed by atoms with Crippen LogP contribution in [-0.4, -0.2) is 48.4 Å². The second kappa shape index (κ2) is 4.64. The predicted molar refractivity (Wildman–Crippen MR) is 55.4 cm³/mol. The van der Waals surface area contributed by atoms with Crippen LogP contribution >= 0.6 is 15.9 Å². The molecular weight excluding hydrogens is 232 g/mol. The lowest BCUT2D eigenvalue weighted by Crippen LogP contribution is -2.51. The Kier molecular flexibility index (Phi) is 3.76. The molecule has 0 spiro atoms. The van der Waals surface area contributed by atoms with E-state index in [1.807, 2.05) is 0 Å². The van der Waals surface area contributed by atoms with Gasteiger partial charge in [-0.25, -0.2) is 0 Å². The molecule has 0 aliphatic carbocycles. The van der Waals surface area contributed by atoms with Crippen molar-refractivity contribution in [3.05, 3.63) is 0 Å². The summed E-state index contributed by atoms with van der Waals surface area (Å²) in [5, 5.41) is 0. The lowest BCUT2D eigenvalue weighted by Gasteiger charge is -2.36. The number of amides is 1. The Morgan fingerprint density at radius 1 is 1.54 bits per heavy atom. The number of likely N-dealkylation sites (N-methyl/N-ethyl adjacent to an activating group) is 1. The molecule has 13 heavy (non-hydrogen) atoms. The summed E-state index contributed by atoms with van der Waals surface area (Å²) in [6.45, 7) is 4.59. The molecule has 0 bridgehead atoms. The maximum absolute atomic E-state index is 11.4. The SMILES string of the molecule is CC1CN(C(=O)C#CBr)CCN1C. The van der Waals surface area contributed by atoms with Gasteiger partial charge in [0.2, 0.25) is 0 Å². The summed E-state index contributed by atoms with van der Waals surface area (Å²) in [5.41, 5.74) is 0. The molecule has 1 aliphatic heterocycles. The number of piperazine rings is 1. The average Bonchev–Trinajstić information content (AvgIpc) is 2.10. The largest absolute Gasteiger partial charge is 0.329 e. The van der Waals surface area contributed by atoms with E-state index in [2.05, 4.69) is 45.6 Å². The highest BCUT2D eigenvalue weighted by Gasteiger charge is 2.22. The zero-order valence-electron chi connectivity index (χ0n) is 7.88. The highest BCUT2D eigenvalue weighted by Crippen LogP contribution is 2.06. The third-order valence-electron chi connectivity index (χ3n) is 2.40. The molecule has 0 aromatic rings. The molecule has 3 nitrogen and oxygen atoms in total. The van der Waals surface area contributed by atoms with Crippen LogP contribution in [0.3, 0.4) is 0 Å². The van der Waals surface area contributed by atoms with Crippen molar-refractivity contribution in [2.45, 2.75) is 13.0 Å². The van der Waals surface area contributed by atoms with Gasteiger partial charge in [0.15, 0.2) is 0 Å². The first-order valence-electron chi connectivity index (χ1n) is 4.26. The van der Waals surface area contributed by atoms with Crippen molar-refractivity contribution < 1.29 is 4.79 Å². The monoisotopic (exact) mass is 244 g/mol. The third-order valence-corrected chi connectivity index (χ3v) is 2.60. The van der Waals surface area contributed by atoms with E-state index in [9.17, 15) is 4.79 Å². The standard InChI is InChI=1S/C9H13BrN2O/c1-8-7-12(6-5-11(8)2)9(13)3-4-10/h8H,5-7H2,1-2H3. The van der Waals surface area contributed by atoms with Crippen LogP contribution in [0.2, 0.25) is 0 Å². The summed E-state index contributed by atoms with van der Waals surface area (Å²) in [5.74, 6) is 2.40. The van der Waals surface area contributed by atoms with E-state index in [1.165, 1.54) is 0 Å². The molecular formula is C9H13BrN2O. The minimum absolute atomic E-state index is 0.0863. The Hall–Kier alpha value is -0.530. The first-order chi connectivity index (χ1) is 6.15. The molecule has 0 aromatic carbocycles. The van der Waals surface area contributed by atoms with E-state index in [0.717, 1.165) is 19.6 Å². The lowest BCUT2D eigenvalue weighted by atomic mass is 10.2. The van der Waals surface area contributed by atoms with Crippen LogP contribution in [0.4, 0.5) is 0 Å². The van der Waals surface area contributed by atoms with Crippen LogP contribution in [0.5, 0.6) is 0 Å². The van der Waals surface area contributed by atoms with Crippen LogP contribution in [0.25, 0.3) is 0 Å². The minimum Gasteiger partial charge on any atom is -0.329 e. The molecule has 1 rings (SSSR count). The molecule has 1 atom stereocenters. The Balaban J connectivity index is 2.53. The van der Waals surface area contributed by atoms with Crippen molar-refractivity contribution in [2.75, 3.05) is 26.7 Å². The van der Waals surface area contributed by atoms with E-state index >= 15 is 0 Å². The van der Waals surface area contributed by atoms with Gasteiger partial charge in [-0.05, 0) is 18.8 Å². The number of carbonyl (C=O) groups is 1. The number of halogens is 1. The van der Waals surface area contributed by atoms with Gasteiger partial charge in [-0.15, -0.1) is 0 Å². The summed E-state index contributed by atoms with van der Waals surface area (Å²) in [7, 11) is 2.07. The molecule has 1 aliphatic rings. The number of nitrogens with zero attached hydrogens (tertiary/aromatic N) is 2. The highest BCUT2D eigenvalue weighted by atomic mass is 79.9. The van der Waals surface area contributed by atoms with Gasteiger partial charge in [0.1, 0.15) is 0 Å². The van der Waals surface area contributed by atoms with Gasteiger partial charge in [0.05, 0.1) is 0 Å². The Labute approximate surface area is 87.2 Å². The molecule has 1 heterocycles. The second-order valence-corrected chi connectivity index (χ2v) is 3.70. The van der Waals surface area contributed by atoms with Gasteiger partial charge in [0.25, 0.3) is 5.91 Å². The fourth-order valence-electron chi connectivity index (χ4n) is 1.35. The van der Waals surface area contributed by atoms with Gasteiger partial charge in [-0.1, -0.05) is 0 Å². The van der Waals surface area contributed by atoms with Crippen LogP contribution < -0.4 is 0 Å². The molecule has 0 radical (unpaired) electrons. The summed E-state index contributed by atoms with van der Waals surface area (Å²) < 4.78 is 0. The van der Waals surface area contributed by atoms with Crippen molar-refractivity contribution in [1.29, 1.82) is 0 Å². The molecule has 0 N–H and O–H groups in total. The summed E-state index contributed by atoms with van der Waals surface area (Å²) in [4.78, 5) is 17.8. The van der Waals surface area contributed by atoms with Crippen molar-refractivity contribution in [3.63, 3.8) is 0 Å². The van der Waals surface area contributed by atoms with Crippen LogP contribution in [0, 0.1) is 10.8 Å². The van der Waals surface area contributed by atoms with Gasteiger partial charge < -0.3 is 9.80 Å². The van der Waals surface area contributed by atoms with Crippen molar-refractivity contribution in [1.82, 2.24) is 9.80 Å². The average molecular weight is 245 g/mol. The van der Waals surface area contributed by atoms with Crippen molar-refractivity contribution in [2.24, 2.45) is 0 Å². The fraction of sp³-hybridized carbons (Fsp3) is 0.667. The van der Waals surface area contributed by atoms with E-state index in [1.54, 1.807) is 4.90 Å². The van der Waals surface area contributed by atoms with Crippen LogP contribution in [0.15, 0.2) is 0 Å². The summed E-state index contributed by atoms with van der Waals surface area (Å²) >= 11 is 2.92. The van der Waals surface area contributed by atoms with Gasteiger partial charge >= 0.3 is 0 Å². The normalized spacial score (nSPS) is 23.6. The lowest BCUT2D eigenvalue weighted by molar-refractivity contribution is -0.127. The quantitative estimate of drug-likeness (QED) is 0.580. The second-order valence-electron chi connectivity index (χ2n) is 3.30. The first kappa shape index (κ1) is 10.6. The van der Waals surface area contributed by atoms with Crippen molar-refractivity contribution in [3.8, 4) is 10.8 Å². The van der Waals surface area contributed by atoms with Gasteiger partial charge in [0, 0.05) is 47.5 Å². The topological polar surface area (TPSA) is 23.6 Å². The van der Waals surface area contributed by atoms with E-state index in [-0.39, 0.29) is 5.91 Å². The van der Waals surface area contributed by atoms with E-state index in [0.29, 0.717) is 6.04 Å². The fourth-order valence-corrected chi connectivity index (χ4v) is 1.52. The number of hydrogen-bond donors (Lipinski definition) is 0. The molecule has 1 saturated heterocycles. The predicted octanol–water partition coefficient (Wildman–Crippen LogP) is 0.505. The number of rotatable bonds is 0. The molecule has 1 unspecified atom stereocenters. The van der Waals surface area contributed by atoms with Gasteiger partial charge in [-0.2, -0.15) is 0 Å². The maximum Gasteiger partial charge on any atom is 0.299 e. The molecule has 0 saturated carbocycles. The number of hydrogen-bond acceptors (Lipinski definition) is 2. The zero-order chi connectivity index (χ0) is 9.84. The van der Waals surface area contributed by atoms with E-state index in [4.69, 9.17) is 0 Å². The summed E-state index contributed by atoms with van der Waals surface area (Å²) in [6, 6.07) is 0.426. The molecule has 1 fully saturated rings. The Morgan fingerprint density at radius 2 is 2.23 bits per heavy atom. The maximum atomic E-state index is 11.4. The minimum atomic E-state index is -0.0863. The smallest absolute Gasteiger partial charge is 0.299 e. The number of carbonyl (C=O) groups excluding carboxylic acids is 1. The van der Waals surface area contributed by atoms with Gasteiger partial charge in [-0.3, -0.25) is 4.79 Å². The third kappa shape index (κ3) is 2.71. The zero-order valence-corrected chi connectivity index (χ0v) is 9.47. The van der Waals surface area contributed by atoms with Crippen molar-refractivity contribution >= 4 is 21.8 Å². The van der Waals surface area contributed by atoms with E-state index < -0.39 is 0 Å². The first-order valence-corrected chi connectivity index (χ1v) is 5.05. The Morgan fingerprint density at radius 3 is 2.77 bits per heavy atom.